The second kappa shape index (κ2) is 10.9. The van der Waals surface area contributed by atoms with Crippen LogP contribution in [0.1, 0.15) is 48.0 Å². The number of alkyl halides is 2. The van der Waals surface area contributed by atoms with Crippen molar-refractivity contribution >= 4 is 30.0 Å². The second-order valence-electron chi connectivity index (χ2n) is 7.68. The van der Waals surface area contributed by atoms with Crippen molar-refractivity contribution < 1.29 is 37.5 Å². The van der Waals surface area contributed by atoms with Crippen molar-refractivity contribution in [2.45, 2.75) is 78.1 Å². The molecule has 1 unspecified atom stereocenters. The Kier molecular flexibility index (Phi) is 10.0. The van der Waals surface area contributed by atoms with Gasteiger partial charge in [-0.15, -0.1) is 0 Å². The Morgan fingerprint density at radius 3 is 2.03 bits per heavy atom. The van der Waals surface area contributed by atoms with E-state index < -0.39 is 66.1 Å². The van der Waals surface area contributed by atoms with Gasteiger partial charge >= 0.3 is 5.97 Å². The van der Waals surface area contributed by atoms with Gasteiger partial charge in [-0.2, -0.15) is 0 Å². The van der Waals surface area contributed by atoms with Crippen LogP contribution >= 0.6 is 0 Å². The third-order valence-corrected chi connectivity index (χ3v) is 3.82. The van der Waals surface area contributed by atoms with E-state index in [9.17, 15) is 32.8 Å². The predicted octanol–water partition coefficient (Wildman–Crippen LogP) is 0.394. The number of halogens is 2. The van der Waals surface area contributed by atoms with Gasteiger partial charge in [0.25, 0.3) is 5.91 Å². The predicted molar refractivity (Wildman–Crippen MR) is 98.6 cm³/mol. The second-order valence-corrected chi connectivity index (χ2v) is 7.68. The summed E-state index contributed by atoms with van der Waals surface area (Å²) in [5.41, 5.74) is 4.44. The topological polar surface area (TPSA) is 136 Å². The summed E-state index contributed by atoms with van der Waals surface area (Å²) in [6.07, 6.45) is -4.11. The normalized spacial score (nSPS) is 15.7. The van der Waals surface area contributed by atoms with Crippen molar-refractivity contribution in [1.82, 2.24) is 10.2 Å². The van der Waals surface area contributed by atoms with E-state index in [4.69, 9.17) is 10.5 Å². The number of Topliss-reactive ketones (excluding diaryl/α,β-unsaturated/α-hetero) is 1. The number of carbonyl (C=O) groups excluding carboxylic acids is 5. The lowest BCUT2D eigenvalue weighted by molar-refractivity contribution is -0.160. The zero-order chi connectivity index (χ0) is 23.1. The molecule has 0 heterocycles. The van der Waals surface area contributed by atoms with Gasteiger partial charge in [-0.25, -0.2) is 8.78 Å². The van der Waals surface area contributed by atoms with Crippen molar-refractivity contribution in [1.29, 1.82) is 0 Å². The highest BCUT2D eigenvalue weighted by Crippen LogP contribution is 2.21. The maximum atomic E-state index is 13.4. The van der Waals surface area contributed by atoms with Crippen LogP contribution < -0.4 is 11.1 Å². The van der Waals surface area contributed by atoms with Crippen molar-refractivity contribution in [3.8, 4) is 0 Å². The molecule has 0 fully saturated rings. The van der Waals surface area contributed by atoms with Gasteiger partial charge in [0.15, 0.2) is 5.78 Å². The summed E-state index contributed by atoms with van der Waals surface area (Å²) in [6, 6.07) is -3.74. The number of hydrogen-bond donors (Lipinski definition) is 2. The minimum absolute atomic E-state index is 0.00936. The van der Waals surface area contributed by atoms with Crippen molar-refractivity contribution in [2.24, 2.45) is 11.7 Å². The van der Waals surface area contributed by atoms with Crippen molar-refractivity contribution in [2.75, 3.05) is 0 Å². The Bertz CT molecular complexity index is 634. The lowest BCUT2D eigenvalue weighted by atomic mass is 9.94. The first-order valence-electron chi connectivity index (χ1n) is 8.99. The van der Waals surface area contributed by atoms with E-state index in [2.05, 4.69) is 5.32 Å². The molecular formula is C18H29F2N3O6. The fourth-order valence-corrected chi connectivity index (χ4v) is 2.29. The monoisotopic (exact) mass is 421 g/mol. The number of esters is 1. The van der Waals surface area contributed by atoms with E-state index >= 15 is 0 Å². The van der Waals surface area contributed by atoms with E-state index in [-0.39, 0.29) is 6.41 Å². The Labute approximate surface area is 168 Å². The molecule has 166 valence electrons. The molecule has 11 heteroatoms. The fourth-order valence-electron chi connectivity index (χ4n) is 2.29. The minimum atomic E-state index is -3.21. The molecule has 3 N–H and O–H groups in total. The highest BCUT2D eigenvalue weighted by molar-refractivity contribution is 5.99. The summed E-state index contributed by atoms with van der Waals surface area (Å²) in [7, 11) is 0. The standard InChI is InChI=1S/C18H29F2N3O6/c1-9(21)16(27)22-10(2)17(28)23(8-24)11(3)14(26)12(15(19)20)7-13(25)29-18(4,5)6/h8-12,15H,7,21H2,1-6H3,(H,22,27)/t9-,10-,11-,12?/m0/s1. The molecule has 0 saturated carbocycles. The molecule has 0 aliphatic carbocycles. The molecule has 0 spiro atoms. The molecule has 0 aliphatic rings. The van der Waals surface area contributed by atoms with E-state index in [0.717, 1.165) is 6.92 Å². The first-order valence-corrected chi connectivity index (χ1v) is 8.99. The Morgan fingerprint density at radius 2 is 1.66 bits per heavy atom. The maximum absolute atomic E-state index is 13.4. The molecule has 0 aliphatic heterocycles. The average molecular weight is 421 g/mol. The van der Waals surface area contributed by atoms with Crippen LogP contribution in [-0.4, -0.2) is 65.0 Å². The first-order chi connectivity index (χ1) is 13.1. The zero-order valence-electron chi connectivity index (χ0n) is 17.4. The van der Waals surface area contributed by atoms with Gasteiger partial charge in [0.2, 0.25) is 18.7 Å². The van der Waals surface area contributed by atoms with Crippen molar-refractivity contribution in [3.63, 3.8) is 0 Å². The number of ether oxygens (including phenoxy) is 1. The van der Waals surface area contributed by atoms with Crippen LogP contribution in [0.25, 0.3) is 0 Å². The highest BCUT2D eigenvalue weighted by atomic mass is 19.3. The zero-order valence-corrected chi connectivity index (χ0v) is 17.4. The molecule has 0 aromatic heterocycles. The molecule has 3 amide bonds. The van der Waals surface area contributed by atoms with Crippen LogP contribution in [0.5, 0.6) is 0 Å². The van der Waals surface area contributed by atoms with Gasteiger partial charge in [0.05, 0.1) is 24.4 Å². The number of carbonyl (C=O) groups is 5. The fraction of sp³-hybridized carbons (Fsp3) is 0.722. The summed E-state index contributed by atoms with van der Waals surface area (Å²) in [4.78, 5) is 60.1. The van der Waals surface area contributed by atoms with Crippen LogP contribution in [0.3, 0.4) is 0 Å². The molecule has 29 heavy (non-hydrogen) atoms. The molecule has 0 bridgehead atoms. The maximum Gasteiger partial charge on any atom is 0.307 e. The molecule has 0 radical (unpaired) electrons. The third kappa shape index (κ3) is 8.63. The number of nitrogens with two attached hydrogens (primary N) is 1. The Balaban J connectivity index is 5.37. The van der Waals surface area contributed by atoms with Crippen LogP contribution in [-0.2, 0) is 28.7 Å². The van der Waals surface area contributed by atoms with Crippen LogP contribution in [0.15, 0.2) is 0 Å². The smallest absolute Gasteiger partial charge is 0.307 e. The van der Waals surface area contributed by atoms with E-state index in [0.29, 0.717) is 4.90 Å². The van der Waals surface area contributed by atoms with E-state index in [1.165, 1.54) is 34.6 Å². The molecular weight excluding hydrogens is 392 g/mol. The summed E-state index contributed by atoms with van der Waals surface area (Å²) in [6.45, 7) is 8.33. The Hall–Kier alpha value is -2.43. The minimum Gasteiger partial charge on any atom is -0.460 e. The van der Waals surface area contributed by atoms with E-state index in [1.807, 2.05) is 0 Å². The third-order valence-electron chi connectivity index (χ3n) is 3.82. The average Bonchev–Trinajstić information content (AvgIpc) is 2.57. The number of nitrogens with zero attached hydrogens (tertiary/aromatic N) is 1. The van der Waals surface area contributed by atoms with Crippen molar-refractivity contribution in [3.05, 3.63) is 0 Å². The summed E-state index contributed by atoms with van der Waals surface area (Å²) in [5, 5.41) is 2.25. The molecule has 0 saturated heterocycles. The summed E-state index contributed by atoms with van der Waals surface area (Å²) < 4.78 is 31.8. The van der Waals surface area contributed by atoms with Crippen LogP contribution in [0.4, 0.5) is 8.78 Å². The van der Waals surface area contributed by atoms with Crippen LogP contribution in [0, 0.1) is 5.92 Å². The van der Waals surface area contributed by atoms with E-state index in [1.54, 1.807) is 0 Å². The number of ketones is 1. The van der Waals surface area contributed by atoms with Crippen LogP contribution in [0.2, 0.25) is 0 Å². The number of hydrogen-bond acceptors (Lipinski definition) is 7. The first kappa shape index (κ1) is 26.6. The molecule has 4 atom stereocenters. The molecule has 9 nitrogen and oxygen atoms in total. The van der Waals surface area contributed by atoms with Gasteiger partial charge < -0.3 is 15.8 Å². The summed E-state index contributed by atoms with van der Waals surface area (Å²) in [5.74, 6) is -5.92. The quantitative estimate of drug-likeness (QED) is 0.385. The van der Waals surface area contributed by atoms with Gasteiger partial charge in [-0.1, -0.05) is 0 Å². The number of rotatable bonds is 10. The largest absolute Gasteiger partial charge is 0.460 e. The summed E-state index contributed by atoms with van der Waals surface area (Å²) >= 11 is 0. The number of amides is 3. The molecule has 0 rings (SSSR count). The van der Waals surface area contributed by atoms with Gasteiger partial charge in [-0.05, 0) is 41.5 Å². The lowest BCUT2D eigenvalue weighted by Crippen LogP contribution is -2.54. The van der Waals surface area contributed by atoms with Gasteiger partial charge in [-0.3, -0.25) is 28.9 Å². The lowest BCUT2D eigenvalue weighted by Gasteiger charge is -2.28. The SMILES string of the molecule is C[C@H](N)C(=O)N[C@@H](C)C(=O)N(C=O)[C@@H](C)C(=O)C(CC(=O)OC(C)(C)C)C(F)F. The molecule has 0 aromatic rings. The number of imide groups is 1. The molecule has 0 aromatic carbocycles. The highest BCUT2D eigenvalue weighted by Gasteiger charge is 2.39. The Morgan fingerprint density at radius 1 is 1.14 bits per heavy atom. The van der Waals surface area contributed by atoms with Gasteiger partial charge in [0, 0.05) is 0 Å². The number of nitrogens with one attached hydrogen (secondary N) is 1. The van der Waals surface area contributed by atoms with Gasteiger partial charge in [0.1, 0.15) is 11.6 Å².